The fourth-order valence-corrected chi connectivity index (χ4v) is 4.52. The van der Waals surface area contributed by atoms with Crippen LogP contribution < -0.4 is 4.90 Å². The van der Waals surface area contributed by atoms with Crippen LogP contribution in [0.1, 0.15) is 88.4 Å². The van der Waals surface area contributed by atoms with Crippen molar-refractivity contribution in [2.45, 2.75) is 83.8 Å². The first-order valence-electron chi connectivity index (χ1n) is 11.8. The third-order valence-electron chi connectivity index (χ3n) is 6.18. The Balaban J connectivity index is 1.57. The van der Waals surface area contributed by atoms with Crippen LogP contribution in [0, 0.1) is 0 Å². The zero-order valence-corrected chi connectivity index (χ0v) is 18.5. The maximum atomic E-state index is 10.8. The van der Waals surface area contributed by atoms with E-state index in [4.69, 9.17) is 0 Å². The zero-order chi connectivity index (χ0) is 21.2. The van der Waals surface area contributed by atoms with Crippen LogP contribution in [-0.4, -0.2) is 21.9 Å². The molecular weight excluding hydrogens is 372 g/mol. The quantitative estimate of drug-likeness (QED) is 0.369. The van der Waals surface area contributed by atoms with E-state index in [2.05, 4.69) is 30.0 Å². The van der Waals surface area contributed by atoms with Gasteiger partial charge >= 0.3 is 0 Å². The van der Waals surface area contributed by atoms with Gasteiger partial charge in [-0.2, -0.15) is 5.06 Å². The molecule has 0 radical (unpaired) electrons. The molecule has 0 fully saturated rings. The van der Waals surface area contributed by atoms with Gasteiger partial charge in [-0.3, -0.25) is 0 Å². The molecule has 1 atom stereocenters. The molecule has 1 heterocycles. The highest BCUT2D eigenvalue weighted by molar-refractivity contribution is 5.58. The van der Waals surface area contributed by atoms with Gasteiger partial charge in [0.25, 0.3) is 0 Å². The number of hydroxylamine groups is 2. The van der Waals surface area contributed by atoms with Crippen molar-refractivity contribution < 1.29 is 10.3 Å². The lowest BCUT2D eigenvalue weighted by molar-refractivity contribution is -0.142. The molecular formula is C26H38N2O2. The van der Waals surface area contributed by atoms with Gasteiger partial charge in [0, 0.05) is 17.8 Å². The summed E-state index contributed by atoms with van der Waals surface area (Å²) in [5.41, 5.74) is 3.03. The smallest absolute Gasteiger partial charge is 0.135 e. The largest absolute Gasteiger partial charge is 0.508 e. The van der Waals surface area contributed by atoms with Crippen molar-refractivity contribution >= 4 is 5.69 Å². The van der Waals surface area contributed by atoms with Gasteiger partial charge in [-0.05, 0) is 24.1 Å². The SMILES string of the molecule is CCCCCCCCCCCCN1c2ccccc2CN(O)C1c1ccccc1O. The minimum Gasteiger partial charge on any atom is -0.508 e. The number of hydrogen-bond acceptors (Lipinski definition) is 4. The molecule has 4 heteroatoms. The third kappa shape index (κ3) is 5.99. The lowest BCUT2D eigenvalue weighted by Crippen LogP contribution is -2.44. The number of benzene rings is 2. The van der Waals surface area contributed by atoms with Crippen molar-refractivity contribution in [2.24, 2.45) is 0 Å². The van der Waals surface area contributed by atoms with Crippen LogP contribution in [0.15, 0.2) is 48.5 Å². The van der Waals surface area contributed by atoms with E-state index >= 15 is 0 Å². The highest BCUT2D eigenvalue weighted by Gasteiger charge is 2.33. The van der Waals surface area contributed by atoms with Crippen molar-refractivity contribution in [1.29, 1.82) is 0 Å². The average molecular weight is 411 g/mol. The summed E-state index contributed by atoms with van der Waals surface area (Å²) in [6, 6.07) is 15.6. The highest BCUT2D eigenvalue weighted by atomic mass is 16.5. The van der Waals surface area contributed by atoms with E-state index in [1.54, 1.807) is 6.07 Å². The second-order valence-corrected chi connectivity index (χ2v) is 8.53. The standard InChI is InChI=1S/C26H38N2O2/c1-2-3-4-5-6-7-8-9-10-15-20-27-24-18-13-11-16-22(24)21-28(30)26(27)23-17-12-14-19-25(23)29/h11-14,16-19,26,29-30H,2-10,15,20-21H2,1H3. The Labute approximate surface area is 182 Å². The number of hydrogen-bond donors (Lipinski definition) is 2. The first kappa shape index (κ1) is 22.6. The molecule has 1 aliphatic heterocycles. The van der Waals surface area contributed by atoms with Gasteiger partial charge in [-0.25, -0.2) is 0 Å². The second-order valence-electron chi connectivity index (χ2n) is 8.53. The summed E-state index contributed by atoms with van der Waals surface area (Å²) in [7, 11) is 0. The monoisotopic (exact) mass is 410 g/mol. The van der Waals surface area contributed by atoms with Crippen molar-refractivity contribution in [3.05, 3.63) is 59.7 Å². The van der Waals surface area contributed by atoms with Crippen LogP contribution in [0.2, 0.25) is 0 Å². The Bertz CT molecular complexity index is 764. The van der Waals surface area contributed by atoms with Crippen LogP contribution in [-0.2, 0) is 6.54 Å². The molecule has 3 rings (SSSR count). The lowest BCUT2D eigenvalue weighted by atomic mass is 10.0. The molecule has 2 aromatic rings. The maximum Gasteiger partial charge on any atom is 0.135 e. The highest BCUT2D eigenvalue weighted by Crippen LogP contribution is 2.40. The summed E-state index contributed by atoms with van der Waals surface area (Å²) in [5.74, 6) is 0.231. The molecule has 0 saturated carbocycles. The molecule has 4 nitrogen and oxygen atoms in total. The Morgan fingerprint density at radius 2 is 1.40 bits per heavy atom. The van der Waals surface area contributed by atoms with Crippen LogP contribution >= 0.6 is 0 Å². The van der Waals surface area contributed by atoms with Gasteiger partial charge in [-0.1, -0.05) is 101 Å². The van der Waals surface area contributed by atoms with Crippen LogP contribution in [0.25, 0.3) is 0 Å². The van der Waals surface area contributed by atoms with E-state index < -0.39 is 0 Å². The number of rotatable bonds is 12. The average Bonchev–Trinajstić information content (AvgIpc) is 2.75. The summed E-state index contributed by atoms with van der Waals surface area (Å²) in [6.45, 7) is 3.59. The summed E-state index contributed by atoms with van der Waals surface area (Å²) in [4.78, 5) is 2.25. The van der Waals surface area contributed by atoms with Gasteiger partial charge < -0.3 is 15.2 Å². The molecule has 0 amide bonds. The van der Waals surface area contributed by atoms with Gasteiger partial charge in [-0.15, -0.1) is 0 Å². The number of anilines is 1. The number of unbranched alkanes of at least 4 members (excludes halogenated alkanes) is 9. The molecule has 2 N–H and O–H groups in total. The van der Waals surface area contributed by atoms with Crippen molar-refractivity contribution in [2.75, 3.05) is 11.4 Å². The Kier molecular flexibility index (Phi) is 9.03. The molecule has 0 saturated heterocycles. The van der Waals surface area contributed by atoms with E-state index in [9.17, 15) is 10.3 Å². The summed E-state index contributed by atoms with van der Waals surface area (Å²) in [5, 5.41) is 22.6. The number of phenols is 1. The Hall–Kier alpha value is -2.04. The number of aromatic hydroxyl groups is 1. The fourth-order valence-electron chi connectivity index (χ4n) is 4.52. The molecule has 0 aromatic heterocycles. The molecule has 2 aromatic carbocycles. The number of nitrogens with zero attached hydrogens (tertiary/aromatic N) is 2. The number of para-hydroxylation sites is 2. The molecule has 30 heavy (non-hydrogen) atoms. The molecule has 1 unspecified atom stereocenters. The zero-order valence-electron chi connectivity index (χ0n) is 18.5. The van der Waals surface area contributed by atoms with E-state index in [0.717, 1.165) is 29.8 Å². The Morgan fingerprint density at radius 3 is 2.10 bits per heavy atom. The van der Waals surface area contributed by atoms with E-state index in [1.807, 2.05) is 24.3 Å². The van der Waals surface area contributed by atoms with Gasteiger partial charge in [0.1, 0.15) is 11.9 Å². The number of phenolic OH excluding ortho intramolecular Hbond substituents is 1. The maximum absolute atomic E-state index is 10.8. The van der Waals surface area contributed by atoms with Crippen molar-refractivity contribution in [3.63, 3.8) is 0 Å². The molecule has 0 bridgehead atoms. The minimum atomic E-state index is -0.361. The van der Waals surface area contributed by atoms with E-state index in [0.29, 0.717) is 6.54 Å². The summed E-state index contributed by atoms with van der Waals surface area (Å²) in [6.07, 6.45) is 12.7. The minimum absolute atomic E-state index is 0.231. The summed E-state index contributed by atoms with van der Waals surface area (Å²) >= 11 is 0. The van der Waals surface area contributed by atoms with Crippen LogP contribution in [0.5, 0.6) is 5.75 Å². The second kappa shape index (κ2) is 12.0. The van der Waals surface area contributed by atoms with Crippen molar-refractivity contribution in [3.8, 4) is 5.75 Å². The molecule has 0 spiro atoms. The normalized spacial score (nSPS) is 16.6. The topological polar surface area (TPSA) is 46.9 Å². The lowest BCUT2D eigenvalue weighted by Gasteiger charge is -2.43. The fraction of sp³-hybridized carbons (Fsp3) is 0.538. The van der Waals surface area contributed by atoms with Crippen LogP contribution in [0.4, 0.5) is 5.69 Å². The summed E-state index contributed by atoms with van der Waals surface area (Å²) < 4.78 is 0. The van der Waals surface area contributed by atoms with E-state index in [-0.39, 0.29) is 11.9 Å². The van der Waals surface area contributed by atoms with Gasteiger partial charge in [0.15, 0.2) is 0 Å². The predicted molar refractivity (Wildman–Crippen MR) is 124 cm³/mol. The van der Waals surface area contributed by atoms with Gasteiger partial charge in [0.05, 0.1) is 6.54 Å². The number of fused-ring (bicyclic) bond motifs is 1. The van der Waals surface area contributed by atoms with E-state index in [1.165, 1.54) is 62.9 Å². The van der Waals surface area contributed by atoms with Gasteiger partial charge in [0.2, 0.25) is 0 Å². The third-order valence-corrected chi connectivity index (χ3v) is 6.18. The Morgan fingerprint density at radius 1 is 0.800 bits per heavy atom. The molecule has 0 aliphatic carbocycles. The molecule has 1 aliphatic rings. The van der Waals surface area contributed by atoms with Crippen molar-refractivity contribution in [1.82, 2.24) is 5.06 Å². The molecule has 164 valence electrons. The predicted octanol–water partition coefficient (Wildman–Crippen LogP) is 7.02. The first-order chi connectivity index (χ1) is 14.7. The first-order valence-corrected chi connectivity index (χ1v) is 11.8. The van der Waals surface area contributed by atoms with Crippen LogP contribution in [0.3, 0.4) is 0 Å².